The lowest BCUT2D eigenvalue weighted by molar-refractivity contribution is -0.650. The molecule has 0 aliphatic carbocycles. The Morgan fingerprint density at radius 3 is 3.05 bits per heavy atom. The summed E-state index contributed by atoms with van der Waals surface area (Å²) >= 11 is 7.59. The van der Waals surface area contributed by atoms with Gasteiger partial charge in [0.05, 0.1) is 20.2 Å². The molecule has 0 aliphatic heterocycles. The average Bonchev–Trinajstić information content (AvgIpc) is 3.11. The van der Waals surface area contributed by atoms with E-state index in [9.17, 15) is 0 Å². The van der Waals surface area contributed by atoms with E-state index in [1.807, 2.05) is 17.0 Å². The van der Waals surface area contributed by atoms with Crippen molar-refractivity contribution in [1.82, 2.24) is 19.9 Å². The Morgan fingerprint density at radius 1 is 1.45 bits per heavy atom. The van der Waals surface area contributed by atoms with Gasteiger partial charge in [-0.1, -0.05) is 6.92 Å². The van der Waals surface area contributed by atoms with E-state index >= 15 is 0 Å². The molecular weight excluding hydrogens is 324 g/mol. The third-order valence-electron chi connectivity index (χ3n) is 3.06. The summed E-state index contributed by atoms with van der Waals surface area (Å²) in [5, 5.41) is 6.35. The molecule has 116 valence electrons. The molecule has 0 saturated carbocycles. The third-order valence-corrected chi connectivity index (χ3v) is 4.00. The Kier molecular flexibility index (Phi) is 4.39. The van der Waals surface area contributed by atoms with Crippen molar-refractivity contribution in [3.05, 3.63) is 21.9 Å². The van der Waals surface area contributed by atoms with E-state index < -0.39 is 0 Å². The van der Waals surface area contributed by atoms with Crippen molar-refractivity contribution in [2.75, 3.05) is 11.9 Å². The van der Waals surface area contributed by atoms with E-state index in [0.717, 1.165) is 16.9 Å². The fourth-order valence-corrected chi connectivity index (χ4v) is 2.80. The number of aromatic amines is 1. The predicted octanol–water partition coefficient (Wildman–Crippen LogP) is 2.29. The van der Waals surface area contributed by atoms with Crippen LogP contribution < -0.4 is 14.6 Å². The molecular formula is C13H16ClN6OS+. The van der Waals surface area contributed by atoms with Crippen LogP contribution in [0.2, 0.25) is 5.28 Å². The number of rotatable bonds is 6. The van der Waals surface area contributed by atoms with E-state index in [0.29, 0.717) is 30.6 Å². The number of aromatic nitrogens is 5. The lowest BCUT2D eigenvalue weighted by Gasteiger charge is -2.03. The second kappa shape index (κ2) is 6.45. The highest BCUT2D eigenvalue weighted by Crippen LogP contribution is 2.21. The molecule has 3 aromatic heterocycles. The summed E-state index contributed by atoms with van der Waals surface area (Å²) in [4.78, 5) is 15.9. The van der Waals surface area contributed by atoms with Gasteiger partial charge < -0.3 is 10.1 Å². The first-order valence-corrected chi connectivity index (χ1v) is 8.15. The minimum atomic E-state index is 0.179. The highest BCUT2D eigenvalue weighted by atomic mass is 35.5. The molecule has 0 bridgehead atoms. The van der Waals surface area contributed by atoms with Crippen molar-refractivity contribution in [2.24, 2.45) is 7.05 Å². The minimum absolute atomic E-state index is 0.179. The second-order valence-corrected chi connectivity index (χ2v) is 5.97. The van der Waals surface area contributed by atoms with Gasteiger partial charge in [0.25, 0.3) is 5.65 Å². The first kappa shape index (κ1) is 15.0. The van der Waals surface area contributed by atoms with Crippen LogP contribution >= 0.6 is 22.9 Å². The average molecular weight is 340 g/mol. The Morgan fingerprint density at radius 2 is 2.32 bits per heavy atom. The normalized spacial score (nSPS) is 11.0. The first-order chi connectivity index (χ1) is 10.7. The minimum Gasteiger partial charge on any atom is -0.431 e. The number of hydrogen-bond donors (Lipinski definition) is 2. The van der Waals surface area contributed by atoms with Gasteiger partial charge in [0.15, 0.2) is 5.82 Å². The van der Waals surface area contributed by atoms with Crippen LogP contribution in [0, 0.1) is 0 Å². The summed E-state index contributed by atoms with van der Waals surface area (Å²) in [5.74, 6) is 0.648. The number of thiazole rings is 1. The van der Waals surface area contributed by atoms with Gasteiger partial charge in [0.2, 0.25) is 10.8 Å². The summed E-state index contributed by atoms with van der Waals surface area (Å²) in [5.41, 5.74) is 1.45. The van der Waals surface area contributed by atoms with Gasteiger partial charge in [-0.3, -0.25) is 0 Å². The molecule has 0 atom stereocenters. The quantitative estimate of drug-likeness (QED) is 0.532. The van der Waals surface area contributed by atoms with Crippen LogP contribution in [0.1, 0.15) is 18.4 Å². The molecule has 9 heteroatoms. The van der Waals surface area contributed by atoms with Gasteiger partial charge in [0, 0.05) is 11.6 Å². The van der Waals surface area contributed by atoms with Crippen LogP contribution in [0.4, 0.5) is 5.82 Å². The van der Waals surface area contributed by atoms with Gasteiger partial charge in [-0.15, -0.1) is 11.3 Å². The fourth-order valence-electron chi connectivity index (χ4n) is 2.07. The summed E-state index contributed by atoms with van der Waals surface area (Å²) in [6, 6.07) is 0.630. The lowest BCUT2D eigenvalue weighted by atomic mass is 10.4. The van der Waals surface area contributed by atoms with E-state index in [-0.39, 0.29) is 5.28 Å². The highest BCUT2D eigenvalue weighted by Gasteiger charge is 2.23. The molecule has 3 heterocycles. The molecule has 0 saturated heterocycles. The summed E-state index contributed by atoms with van der Waals surface area (Å²) < 4.78 is 7.56. The number of ether oxygens (including phenoxy) is 1. The van der Waals surface area contributed by atoms with Crippen molar-refractivity contribution in [2.45, 2.75) is 19.9 Å². The molecule has 0 spiro atoms. The summed E-state index contributed by atoms with van der Waals surface area (Å²) in [6.07, 6.45) is 2.70. The molecule has 0 unspecified atom stereocenters. The van der Waals surface area contributed by atoms with Gasteiger partial charge in [0.1, 0.15) is 5.01 Å². The van der Waals surface area contributed by atoms with Crippen molar-refractivity contribution >= 4 is 39.9 Å². The van der Waals surface area contributed by atoms with Crippen molar-refractivity contribution in [3.63, 3.8) is 0 Å². The maximum absolute atomic E-state index is 6.01. The lowest BCUT2D eigenvalue weighted by Crippen LogP contribution is -2.30. The number of nitrogens with one attached hydrogen (secondary N) is 2. The number of aryl methyl sites for hydroxylation is 1. The molecule has 3 aromatic rings. The Bertz CT molecular complexity index is 773. The zero-order chi connectivity index (χ0) is 15.5. The largest absolute Gasteiger partial charge is 0.456 e. The number of nitrogens with zero attached hydrogens (tertiary/aromatic N) is 4. The topological polar surface area (TPSA) is 79.6 Å². The maximum Gasteiger partial charge on any atom is 0.456 e. The zero-order valence-corrected chi connectivity index (χ0v) is 13.8. The molecule has 2 N–H and O–H groups in total. The van der Waals surface area contributed by atoms with Gasteiger partial charge in [-0.05, 0) is 18.0 Å². The van der Waals surface area contributed by atoms with Gasteiger partial charge in [-0.25, -0.2) is 4.98 Å². The zero-order valence-electron chi connectivity index (χ0n) is 12.3. The third kappa shape index (κ3) is 2.97. The number of H-pyrrole nitrogens is 1. The van der Waals surface area contributed by atoms with Crippen LogP contribution in [0.3, 0.4) is 0 Å². The van der Waals surface area contributed by atoms with Gasteiger partial charge in [-0.2, -0.15) is 19.5 Å². The van der Waals surface area contributed by atoms with Crippen molar-refractivity contribution in [1.29, 1.82) is 0 Å². The van der Waals surface area contributed by atoms with Crippen LogP contribution in [0.25, 0.3) is 11.2 Å². The van der Waals surface area contributed by atoms with Gasteiger partial charge >= 0.3 is 6.01 Å². The Hall–Kier alpha value is -1.93. The molecule has 7 nitrogen and oxygen atoms in total. The standard InChI is InChI=1S/C13H15ClN6OS/c1-3-5-21-13-19-11-9(20(13)2)10(17-12(14)18-11)16-7-8-15-4-6-22-8/h4,6H,3,5,7H2,1-2H3,(H,16,17,18)/p+1. The van der Waals surface area contributed by atoms with E-state index in [4.69, 9.17) is 16.3 Å². The molecule has 0 aromatic carbocycles. The Labute approximate surface area is 136 Å². The number of fused-ring (bicyclic) bond motifs is 1. The smallest absolute Gasteiger partial charge is 0.431 e. The Balaban J connectivity index is 1.95. The first-order valence-electron chi connectivity index (χ1n) is 6.89. The van der Waals surface area contributed by atoms with Crippen LogP contribution in [0.5, 0.6) is 6.01 Å². The second-order valence-electron chi connectivity index (χ2n) is 4.66. The molecule has 22 heavy (non-hydrogen) atoms. The van der Waals surface area contributed by atoms with Crippen molar-refractivity contribution < 1.29 is 9.30 Å². The number of anilines is 1. The SMILES string of the molecule is CCCOc1[nH]c2nc(Cl)nc(NCc3nccs3)c2[n+]1C. The molecule has 3 rings (SSSR count). The summed E-state index contributed by atoms with van der Waals surface area (Å²) in [7, 11) is 1.90. The predicted molar refractivity (Wildman–Crippen MR) is 85.3 cm³/mol. The number of imidazole rings is 1. The van der Waals surface area contributed by atoms with Crippen LogP contribution in [-0.2, 0) is 13.6 Å². The monoisotopic (exact) mass is 339 g/mol. The maximum atomic E-state index is 6.01. The number of hydrogen-bond acceptors (Lipinski definition) is 6. The summed E-state index contributed by atoms with van der Waals surface area (Å²) in [6.45, 7) is 3.26. The van der Waals surface area contributed by atoms with E-state index in [1.54, 1.807) is 17.5 Å². The van der Waals surface area contributed by atoms with Crippen molar-refractivity contribution in [3.8, 4) is 6.01 Å². The molecule has 0 radical (unpaired) electrons. The van der Waals surface area contributed by atoms with Crippen LogP contribution in [0.15, 0.2) is 11.6 Å². The number of halogens is 1. The highest BCUT2D eigenvalue weighted by molar-refractivity contribution is 7.09. The fraction of sp³-hybridized carbons (Fsp3) is 0.385. The molecule has 0 fully saturated rings. The van der Waals surface area contributed by atoms with Crippen LogP contribution in [-0.4, -0.2) is 26.5 Å². The molecule has 0 aliphatic rings. The van der Waals surface area contributed by atoms with E-state index in [2.05, 4.69) is 32.2 Å². The molecule has 0 amide bonds. The van der Waals surface area contributed by atoms with E-state index in [1.165, 1.54) is 0 Å².